The molecule has 0 aromatic heterocycles. The number of benzene rings is 2. The lowest BCUT2D eigenvalue weighted by molar-refractivity contribution is -0.384. The van der Waals surface area contributed by atoms with Crippen LogP contribution in [0.15, 0.2) is 47.5 Å². The third kappa shape index (κ3) is 3.31. The van der Waals surface area contributed by atoms with Crippen molar-refractivity contribution in [1.29, 1.82) is 0 Å². The van der Waals surface area contributed by atoms with E-state index in [1.54, 1.807) is 25.5 Å². The fraction of sp³-hybridized carbons (Fsp3) is 0.235. The minimum absolute atomic E-state index is 0.0101. The molecule has 0 saturated heterocycles. The molecule has 1 heterocycles. The Morgan fingerprint density at radius 1 is 1.30 bits per heavy atom. The Kier molecular flexibility index (Phi) is 4.23. The normalized spacial score (nSPS) is 16.7. The van der Waals surface area contributed by atoms with Crippen LogP contribution in [0.2, 0.25) is 0 Å². The molecule has 0 fully saturated rings. The van der Waals surface area contributed by atoms with E-state index in [9.17, 15) is 10.1 Å². The number of hydrogen-bond acceptors (Lipinski definition) is 5. The molecule has 1 aliphatic heterocycles. The summed E-state index contributed by atoms with van der Waals surface area (Å²) in [6.45, 7) is 0.613. The summed E-state index contributed by atoms with van der Waals surface area (Å²) in [7, 11) is 1.63. The van der Waals surface area contributed by atoms with E-state index in [1.165, 1.54) is 12.1 Å². The zero-order chi connectivity index (χ0) is 16.2. The summed E-state index contributed by atoms with van der Waals surface area (Å²) in [5.74, 6) is 1.59. The molecule has 1 atom stereocenters. The van der Waals surface area contributed by atoms with Gasteiger partial charge in [-0.25, -0.2) is 0 Å². The van der Waals surface area contributed by atoms with Crippen LogP contribution in [0.25, 0.3) is 0 Å². The number of nitro groups is 1. The van der Waals surface area contributed by atoms with Crippen LogP contribution in [0.4, 0.5) is 5.69 Å². The van der Waals surface area contributed by atoms with E-state index in [1.807, 2.05) is 18.2 Å². The number of aliphatic imine (C=N–C) groups is 1. The number of nitrogens with zero attached hydrogens (tertiary/aromatic N) is 2. The second kappa shape index (κ2) is 6.48. The summed E-state index contributed by atoms with van der Waals surface area (Å²) in [6.07, 6.45) is 2.52. The second-order valence-corrected chi connectivity index (χ2v) is 5.18. The highest BCUT2D eigenvalue weighted by Gasteiger charge is 2.21. The van der Waals surface area contributed by atoms with E-state index >= 15 is 0 Å². The fourth-order valence-corrected chi connectivity index (χ4v) is 2.49. The summed E-state index contributed by atoms with van der Waals surface area (Å²) in [5.41, 5.74) is 1.89. The number of ether oxygens (including phenoxy) is 2. The van der Waals surface area contributed by atoms with Gasteiger partial charge in [-0.05, 0) is 35.9 Å². The van der Waals surface area contributed by atoms with Crippen molar-refractivity contribution in [3.05, 3.63) is 63.7 Å². The van der Waals surface area contributed by atoms with Crippen molar-refractivity contribution >= 4 is 11.9 Å². The molecule has 2 aromatic rings. The predicted molar refractivity (Wildman–Crippen MR) is 86.5 cm³/mol. The van der Waals surface area contributed by atoms with Crippen LogP contribution < -0.4 is 9.47 Å². The topological polar surface area (TPSA) is 74.0 Å². The predicted octanol–water partition coefficient (Wildman–Crippen LogP) is 3.55. The standard InChI is InChI=1S/C17H16N2O4/c1-22-14-6-7-17-15(10-14)16(8-9-23-17)18-11-12-2-4-13(5-3-12)19(20)21/h2-7,10-11,16H,8-9H2,1H3/b18-11-. The van der Waals surface area contributed by atoms with Crippen molar-refractivity contribution in [2.24, 2.45) is 4.99 Å². The highest BCUT2D eigenvalue weighted by molar-refractivity contribution is 5.80. The lowest BCUT2D eigenvalue weighted by Gasteiger charge is -2.23. The number of hydrogen-bond donors (Lipinski definition) is 0. The summed E-state index contributed by atoms with van der Waals surface area (Å²) < 4.78 is 10.9. The molecule has 0 aliphatic carbocycles. The molecule has 0 radical (unpaired) electrons. The van der Waals surface area contributed by atoms with Gasteiger partial charge in [0, 0.05) is 30.3 Å². The fourth-order valence-electron chi connectivity index (χ4n) is 2.49. The Hall–Kier alpha value is -2.89. The lowest BCUT2D eigenvalue weighted by atomic mass is 10.0. The van der Waals surface area contributed by atoms with Gasteiger partial charge in [-0.1, -0.05) is 0 Å². The molecule has 6 nitrogen and oxygen atoms in total. The largest absolute Gasteiger partial charge is 0.497 e. The molecule has 0 saturated carbocycles. The first-order valence-corrected chi connectivity index (χ1v) is 7.26. The Balaban J connectivity index is 1.82. The first kappa shape index (κ1) is 15.0. The molecule has 6 heteroatoms. The third-order valence-corrected chi connectivity index (χ3v) is 3.73. The van der Waals surface area contributed by atoms with Crippen molar-refractivity contribution in [1.82, 2.24) is 0 Å². The van der Waals surface area contributed by atoms with Crippen molar-refractivity contribution in [3.63, 3.8) is 0 Å². The van der Waals surface area contributed by atoms with Crippen LogP contribution in [0, 0.1) is 10.1 Å². The Labute approximate surface area is 133 Å². The monoisotopic (exact) mass is 312 g/mol. The number of nitro benzene ring substituents is 1. The second-order valence-electron chi connectivity index (χ2n) is 5.18. The Bertz CT molecular complexity index is 741. The summed E-state index contributed by atoms with van der Waals surface area (Å²) in [4.78, 5) is 14.9. The summed E-state index contributed by atoms with van der Waals surface area (Å²) in [6, 6.07) is 12.0. The number of methoxy groups -OCH3 is 1. The highest BCUT2D eigenvalue weighted by Crippen LogP contribution is 2.36. The van der Waals surface area contributed by atoms with Gasteiger partial charge in [-0.2, -0.15) is 0 Å². The third-order valence-electron chi connectivity index (χ3n) is 3.73. The van der Waals surface area contributed by atoms with Crippen molar-refractivity contribution in [2.45, 2.75) is 12.5 Å². The summed E-state index contributed by atoms with van der Waals surface area (Å²) in [5, 5.41) is 10.7. The molecule has 0 bridgehead atoms. The minimum Gasteiger partial charge on any atom is -0.497 e. The molecule has 23 heavy (non-hydrogen) atoms. The van der Waals surface area contributed by atoms with Crippen molar-refractivity contribution in [3.8, 4) is 11.5 Å². The van der Waals surface area contributed by atoms with Gasteiger partial charge in [0.05, 0.1) is 24.7 Å². The van der Waals surface area contributed by atoms with Crippen LogP contribution in [0.1, 0.15) is 23.6 Å². The zero-order valence-electron chi connectivity index (χ0n) is 12.6. The van der Waals surface area contributed by atoms with Crippen LogP contribution in [-0.4, -0.2) is 24.9 Å². The van der Waals surface area contributed by atoms with Gasteiger partial charge in [-0.3, -0.25) is 15.1 Å². The number of non-ortho nitro benzene ring substituents is 1. The van der Waals surface area contributed by atoms with E-state index in [0.29, 0.717) is 6.61 Å². The van der Waals surface area contributed by atoms with E-state index in [-0.39, 0.29) is 11.7 Å². The van der Waals surface area contributed by atoms with Crippen LogP contribution in [-0.2, 0) is 0 Å². The molecule has 3 rings (SSSR count). The molecule has 0 amide bonds. The molecular formula is C17H16N2O4. The molecule has 2 aromatic carbocycles. The number of rotatable bonds is 4. The van der Waals surface area contributed by atoms with Gasteiger partial charge in [-0.15, -0.1) is 0 Å². The maximum Gasteiger partial charge on any atom is 0.269 e. The van der Waals surface area contributed by atoms with Gasteiger partial charge in [0.15, 0.2) is 0 Å². The molecule has 0 spiro atoms. The van der Waals surface area contributed by atoms with Gasteiger partial charge in [0.1, 0.15) is 11.5 Å². The van der Waals surface area contributed by atoms with E-state index in [4.69, 9.17) is 9.47 Å². The van der Waals surface area contributed by atoms with Crippen LogP contribution >= 0.6 is 0 Å². The SMILES string of the molecule is COc1ccc2c(c1)C(/N=C\c1ccc([N+](=O)[O-])cc1)CCO2. The molecule has 1 aliphatic rings. The minimum atomic E-state index is -0.415. The van der Waals surface area contributed by atoms with Crippen LogP contribution in [0.3, 0.4) is 0 Å². The van der Waals surface area contributed by atoms with Crippen molar-refractivity contribution in [2.75, 3.05) is 13.7 Å². The van der Waals surface area contributed by atoms with Gasteiger partial charge in [0.2, 0.25) is 0 Å². The molecule has 1 unspecified atom stereocenters. The lowest BCUT2D eigenvalue weighted by Crippen LogP contribution is -2.13. The van der Waals surface area contributed by atoms with Crippen molar-refractivity contribution < 1.29 is 14.4 Å². The Morgan fingerprint density at radius 2 is 2.09 bits per heavy atom. The van der Waals surface area contributed by atoms with Crippen LogP contribution in [0.5, 0.6) is 11.5 Å². The van der Waals surface area contributed by atoms with Gasteiger partial charge in [0.25, 0.3) is 5.69 Å². The molecule has 118 valence electrons. The highest BCUT2D eigenvalue weighted by atomic mass is 16.6. The zero-order valence-corrected chi connectivity index (χ0v) is 12.6. The maximum atomic E-state index is 10.7. The van der Waals surface area contributed by atoms with Gasteiger partial charge < -0.3 is 9.47 Å². The first-order valence-electron chi connectivity index (χ1n) is 7.26. The Morgan fingerprint density at radius 3 is 2.78 bits per heavy atom. The molecular weight excluding hydrogens is 296 g/mol. The summed E-state index contributed by atoms with van der Waals surface area (Å²) >= 11 is 0. The van der Waals surface area contributed by atoms with E-state index in [0.717, 1.165) is 29.0 Å². The molecule has 0 N–H and O–H groups in total. The number of fused-ring (bicyclic) bond motifs is 1. The smallest absolute Gasteiger partial charge is 0.269 e. The van der Waals surface area contributed by atoms with Gasteiger partial charge >= 0.3 is 0 Å². The average Bonchev–Trinajstić information content (AvgIpc) is 2.59. The first-order chi connectivity index (χ1) is 11.2. The van der Waals surface area contributed by atoms with E-state index in [2.05, 4.69) is 4.99 Å². The average molecular weight is 312 g/mol. The van der Waals surface area contributed by atoms with E-state index < -0.39 is 4.92 Å². The maximum absolute atomic E-state index is 10.7. The quantitative estimate of drug-likeness (QED) is 0.491.